The van der Waals surface area contributed by atoms with Crippen LogP contribution in [0.3, 0.4) is 0 Å². The predicted molar refractivity (Wildman–Crippen MR) is 88.4 cm³/mol. The Hall–Kier alpha value is -1.93. The average Bonchev–Trinajstić information content (AvgIpc) is 3.32. The van der Waals surface area contributed by atoms with Gasteiger partial charge in [-0.15, -0.1) is 5.10 Å². The molecule has 0 N–H and O–H groups in total. The molecule has 0 radical (unpaired) electrons. The molecule has 0 amide bonds. The first kappa shape index (κ1) is 15.6. The molecule has 2 aliphatic rings. The fourth-order valence-corrected chi connectivity index (χ4v) is 4.25. The molecule has 1 saturated heterocycles. The minimum Gasteiger partial charge on any atom is -0.408 e. The highest BCUT2D eigenvalue weighted by molar-refractivity contribution is 7.89. The second kappa shape index (κ2) is 5.86. The van der Waals surface area contributed by atoms with Gasteiger partial charge in [0.1, 0.15) is 0 Å². The molecule has 1 aliphatic heterocycles. The van der Waals surface area contributed by atoms with Gasteiger partial charge in [0.15, 0.2) is 0 Å². The number of benzene rings is 1. The van der Waals surface area contributed by atoms with E-state index >= 15 is 0 Å². The Bertz CT molecular complexity index is 819. The van der Waals surface area contributed by atoms with E-state index in [0.717, 1.165) is 18.4 Å². The van der Waals surface area contributed by atoms with E-state index in [1.54, 1.807) is 12.1 Å². The van der Waals surface area contributed by atoms with Crippen LogP contribution in [0.5, 0.6) is 0 Å². The molecule has 128 valence electrons. The van der Waals surface area contributed by atoms with Gasteiger partial charge >= 0.3 is 6.01 Å². The molecule has 0 spiro atoms. The zero-order valence-corrected chi connectivity index (χ0v) is 14.4. The maximum absolute atomic E-state index is 12.7. The number of anilines is 1. The summed E-state index contributed by atoms with van der Waals surface area (Å²) in [6.07, 6.45) is 2.23. The fourth-order valence-electron chi connectivity index (χ4n) is 2.83. The van der Waals surface area contributed by atoms with Crippen molar-refractivity contribution >= 4 is 16.0 Å². The number of piperazine rings is 1. The summed E-state index contributed by atoms with van der Waals surface area (Å²) in [6.45, 7) is 3.87. The maximum atomic E-state index is 12.7. The van der Waals surface area contributed by atoms with E-state index < -0.39 is 10.0 Å². The maximum Gasteiger partial charge on any atom is 0.318 e. The van der Waals surface area contributed by atoms with Gasteiger partial charge in [0.05, 0.1) is 4.90 Å². The van der Waals surface area contributed by atoms with E-state index in [4.69, 9.17) is 4.42 Å². The molecule has 2 heterocycles. The minimum atomic E-state index is -3.44. The first-order valence-corrected chi connectivity index (χ1v) is 9.63. The van der Waals surface area contributed by atoms with Crippen LogP contribution in [0.2, 0.25) is 0 Å². The number of aromatic nitrogens is 2. The van der Waals surface area contributed by atoms with Gasteiger partial charge in [0.2, 0.25) is 15.9 Å². The van der Waals surface area contributed by atoms with Gasteiger partial charge in [-0.05, 0) is 31.9 Å². The van der Waals surface area contributed by atoms with Crippen LogP contribution in [-0.2, 0) is 10.0 Å². The molecule has 1 aromatic carbocycles. The molecule has 2 fully saturated rings. The summed E-state index contributed by atoms with van der Waals surface area (Å²) in [4.78, 5) is 2.30. The molecule has 0 atom stereocenters. The van der Waals surface area contributed by atoms with Gasteiger partial charge in [-0.3, -0.25) is 0 Å². The lowest BCUT2D eigenvalue weighted by Gasteiger charge is -2.32. The van der Waals surface area contributed by atoms with Crippen molar-refractivity contribution in [3.8, 4) is 0 Å². The third kappa shape index (κ3) is 2.91. The van der Waals surface area contributed by atoms with Crippen molar-refractivity contribution in [3.63, 3.8) is 0 Å². The van der Waals surface area contributed by atoms with Crippen molar-refractivity contribution in [2.24, 2.45) is 0 Å². The van der Waals surface area contributed by atoms with Crippen LogP contribution in [0.25, 0.3) is 0 Å². The zero-order chi connectivity index (χ0) is 16.7. The van der Waals surface area contributed by atoms with Crippen LogP contribution in [0, 0.1) is 6.92 Å². The topological polar surface area (TPSA) is 79.5 Å². The number of nitrogens with zero attached hydrogens (tertiary/aromatic N) is 4. The number of rotatable bonds is 4. The van der Waals surface area contributed by atoms with E-state index in [1.165, 1.54) is 4.31 Å². The highest BCUT2D eigenvalue weighted by Gasteiger charge is 2.32. The first-order valence-electron chi connectivity index (χ1n) is 8.19. The van der Waals surface area contributed by atoms with Crippen LogP contribution < -0.4 is 4.90 Å². The molecule has 24 heavy (non-hydrogen) atoms. The molecular weight excluding hydrogens is 328 g/mol. The Labute approximate surface area is 141 Å². The average molecular weight is 348 g/mol. The van der Waals surface area contributed by atoms with Gasteiger partial charge in [-0.25, -0.2) is 8.42 Å². The van der Waals surface area contributed by atoms with Gasteiger partial charge in [-0.2, -0.15) is 4.31 Å². The Morgan fingerprint density at radius 3 is 2.33 bits per heavy atom. The van der Waals surface area contributed by atoms with E-state index in [0.29, 0.717) is 48.9 Å². The number of sulfonamides is 1. The molecule has 1 aliphatic carbocycles. The van der Waals surface area contributed by atoms with E-state index in [-0.39, 0.29) is 0 Å². The monoisotopic (exact) mass is 348 g/mol. The number of hydrogen-bond acceptors (Lipinski definition) is 6. The summed E-state index contributed by atoms with van der Waals surface area (Å²) in [6, 6.07) is 7.47. The van der Waals surface area contributed by atoms with Crippen LogP contribution >= 0.6 is 0 Å². The molecule has 7 nitrogen and oxygen atoms in total. The van der Waals surface area contributed by atoms with Crippen molar-refractivity contribution in [2.45, 2.75) is 30.6 Å². The number of hydrogen-bond donors (Lipinski definition) is 0. The second-order valence-corrected chi connectivity index (χ2v) is 8.34. The quantitative estimate of drug-likeness (QED) is 0.838. The van der Waals surface area contributed by atoms with Crippen molar-refractivity contribution < 1.29 is 12.8 Å². The SMILES string of the molecule is Cc1ccc(S(=O)(=O)N2CCN(c3nnc(C4CC4)o3)CC2)cc1. The number of aryl methyl sites for hydroxylation is 1. The smallest absolute Gasteiger partial charge is 0.318 e. The molecule has 2 aromatic rings. The van der Waals surface area contributed by atoms with Crippen molar-refractivity contribution in [3.05, 3.63) is 35.7 Å². The van der Waals surface area contributed by atoms with Gasteiger partial charge in [-0.1, -0.05) is 22.8 Å². The summed E-state index contributed by atoms with van der Waals surface area (Å²) >= 11 is 0. The third-order valence-electron chi connectivity index (χ3n) is 4.52. The minimum absolute atomic E-state index is 0.343. The standard InChI is InChI=1S/C16H20N4O3S/c1-12-2-6-14(7-3-12)24(21,22)20-10-8-19(9-11-20)16-18-17-15(23-16)13-4-5-13/h2-3,6-7,13H,4-5,8-11H2,1H3. The predicted octanol–water partition coefficient (Wildman–Crippen LogP) is 1.77. The van der Waals surface area contributed by atoms with E-state index in [9.17, 15) is 8.42 Å². The van der Waals surface area contributed by atoms with E-state index in [2.05, 4.69) is 10.2 Å². The third-order valence-corrected chi connectivity index (χ3v) is 6.44. The van der Waals surface area contributed by atoms with Crippen molar-refractivity contribution in [1.82, 2.24) is 14.5 Å². The highest BCUT2D eigenvalue weighted by atomic mass is 32.2. The van der Waals surface area contributed by atoms with Gasteiger partial charge < -0.3 is 9.32 Å². The first-order chi connectivity index (χ1) is 11.5. The van der Waals surface area contributed by atoms with Crippen LogP contribution in [0.15, 0.2) is 33.6 Å². The Morgan fingerprint density at radius 2 is 1.71 bits per heavy atom. The Kier molecular flexibility index (Phi) is 3.80. The lowest BCUT2D eigenvalue weighted by atomic mass is 10.2. The van der Waals surface area contributed by atoms with Crippen LogP contribution in [-0.4, -0.2) is 49.1 Å². The molecule has 1 aromatic heterocycles. The molecule has 8 heteroatoms. The summed E-state index contributed by atoms with van der Waals surface area (Å²) in [5, 5.41) is 8.18. The largest absolute Gasteiger partial charge is 0.408 e. The fraction of sp³-hybridized carbons (Fsp3) is 0.500. The molecule has 0 bridgehead atoms. The summed E-state index contributed by atoms with van der Waals surface area (Å²) in [5.41, 5.74) is 1.04. The Balaban J connectivity index is 1.44. The molecular formula is C16H20N4O3S. The summed E-state index contributed by atoms with van der Waals surface area (Å²) < 4.78 is 32.6. The lowest BCUT2D eigenvalue weighted by molar-refractivity contribution is 0.369. The zero-order valence-electron chi connectivity index (χ0n) is 13.6. The van der Waals surface area contributed by atoms with E-state index in [1.807, 2.05) is 24.0 Å². The molecule has 1 saturated carbocycles. The Morgan fingerprint density at radius 1 is 1.04 bits per heavy atom. The van der Waals surface area contributed by atoms with Crippen molar-refractivity contribution in [1.29, 1.82) is 0 Å². The van der Waals surface area contributed by atoms with Crippen LogP contribution in [0.4, 0.5) is 6.01 Å². The summed E-state index contributed by atoms with van der Waals surface area (Å²) in [5.74, 6) is 1.13. The molecule has 4 rings (SSSR count). The second-order valence-electron chi connectivity index (χ2n) is 6.40. The van der Waals surface area contributed by atoms with Crippen molar-refractivity contribution in [2.75, 3.05) is 31.1 Å². The van der Waals surface area contributed by atoms with Gasteiger partial charge in [0.25, 0.3) is 0 Å². The normalized spacial score (nSPS) is 19.6. The molecule has 0 unspecified atom stereocenters. The van der Waals surface area contributed by atoms with Crippen LogP contribution in [0.1, 0.15) is 30.2 Å². The van der Waals surface area contributed by atoms with Gasteiger partial charge in [0, 0.05) is 32.1 Å². The highest BCUT2D eigenvalue weighted by Crippen LogP contribution is 2.39. The lowest BCUT2D eigenvalue weighted by Crippen LogP contribution is -2.48. The summed E-state index contributed by atoms with van der Waals surface area (Å²) in [7, 11) is -3.44.